The van der Waals surface area contributed by atoms with Gasteiger partial charge in [0.15, 0.2) is 0 Å². The van der Waals surface area contributed by atoms with Crippen molar-refractivity contribution in [3.8, 4) is 28.4 Å². The normalized spacial score (nSPS) is 11.8. The van der Waals surface area contributed by atoms with Gasteiger partial charge >= 0.3 is 0 Å². The average Bonchev–Trinajstić information content (AvgIpc) is 0.802. The SMILES string of the molecule is Cc1cc(O)ccc1NS(=O)(=O)c1ccc(-c2ccccc2)cc1.Cc1cc(O)ccc1NS(=O)(=O)c1ccc(C(C)(C)C)cc1.Cc1cc(O)ccc1NS(=O)(=O)c1ccc2ccccc2c1.Cc1ccc(NS(=O)(=O)c2ccc(C(C)(C)C)cc2)cc1Cl.Cc1cccc(NS(=O)(=O)c2ccc(C(C)(C)C)cc2)c1. The van der Waals surface area contributed by atoms with Crippen LogP contribution in [0.5, 0.6) is 17.2 Å². The van der Waals surface area contributed by atoms with Crippen LogP contribution in [0.1, 0.15) is 107 Å². The number of anilines is 5. The first kappa shape index (κ1) is 85.9. The van der Waals surface area contributed by atoms with Gasteiger partial charge in [0, 0.05) is 10.7 Å². The predicted octanol–water partition coefficient (Wildman–Crippen LogP) is 20.5. The predicted molar refractivity (Wildman–Crippen MR) is 451 cm³/mol. The molecule has 0 bridgehead atoms. The molecule has 12 rings (SSSR count). The summed E-state index contributed by atoms with van der Waals surface area (Å²) in [7, 11) is -18.1. The van der Waals surface area contributed by atoms with E-state index in [2.05, 4.69) is 85.9 Å². The van der Waals surface area contributed by atoms with Crippen molar-refractivity contribution >= 4 is 101 Å². The third kappa shape index (κ3) is 24.4. The van der Waals surface area contributed by atoms with Crippen LogP contribution in [-0.4, -0.2) is 57.4 Å². The lowest BCUT2D eigenvalue weighted by molar-refractivity contribution is 0.474. The monoisotopic (exact) mass is 1610 g/mol. The molecule has 0 atom stereocenters. The van der Waals surface area contributed by atoms with Gasteiger partial charge in [0.05, 0.1) is 47.2 Å². The molecular formula is C87H94ClN5O13S5. The summed E-state index contributed by atoms with van der Waals surface area (Å²) in [5.74, 6) is 0.309. The summed E-state index contributed by atoms with van der Waals surface area (Å²) in [5, 5.41) is 30.6. The number of hydrogen-bond donors (Lipinski definition) is 8. The molecule has 0 aliphatic rings. The average molecular weight is 1610 g/mol. The molecule has 0 saturated heterocycles. The minimum atomic E-state index is -3.68. The molecule has 12 aromatic carbocycles. The highest BCUT2D eigenvalue weighted by atomic mass is 35.5. The lowest BCUT2D eigenvalue weighted by Crippen LogP contribution is -2.15. The number of halogens is 1. The van der Waals surface area contributed by atoms with Crippen molar-refractivity contribution in [3.05, 3.63) is 316 Å². The molecule has 0 fully saturated rings. The van der Waals surface area contributed by atoms with E-state index in [4.69, 9.17) is 11.6 Å². The van der Waals surface area contributed by atoms with Crippen molar-refractivity contribution < 1.29 is 57.4 Å². The first-order chi connectivity index (χ1) is 51.8. The number of hydrogen-bond acceptors (Lipinski definition) is 13. The number of fused-ring (bicyclic) bond motifs is 1. The fourth-order valence-electron chi connectivity index (χ4n) is 10.9. The topological polar surface area (TPSA) is 292 Å². The van der Waals surface area contributed by atoms with E-state index in [0.29, 0.717) is 50.1 Å². The third-order valence-corrected chi connectivity index (χ3v) is 24.8. The molecule has 111 heavy (non-hydrogen) atoms. The Hall–Kier alpha value is -10.7. The Balaban J connectivity index is 0.000000174. The minimum absolute atomic E-state index is 0.00621. The van der Waals surface area contributed by atoms with Crippen LogP contribution >= 0.6 is 11.6 Å². The van der Waals surface area contributed by atoms with Crippen LogP contribution in [0, 0.1) is 34.6 Å². The molecule has 0 radical (unpaired) electrons. The number of sulfonamides is 5. The quantitative estimate of drug-likeness (QED) is 0.0418. The van der Waals surface area contributed by atoms with E-state index >= 15 is 0 Å². The van der Waals surface area contributed by atoms with Gasteiger partial charge in [-0.2, -0.15) is 0 Å². The van der Waals surface area contributed by atoms with E-state index < -0.39 is 50.1 Å². The van der Waals surface area contributed by atoms with Crippen LogP contribution in [0.15, 0.2) is 291 Å². The van der Waals surface area contributed by atoms with E-state index in [0.717, 1.165) is 49.7 Å². The molecule has 0 amide bonds. The Labute approximate surface area is 659 Å². The zero-order valence-electron chi connectivity index (χ0n) is 64.2. The molecule has 582 valence electrons. The number of aryl methyl sites for hydroxylation is 5. The Morgan fingerprint density at radius 2 is 0.595 bits per heavy atom. The fraction of sp³-hybridized carbons (Fsp3) is 0.195. The molecule has 24 heteroatoms. The second-order valence-electron chi connectivity index (χ2n) is 29.6. The van der Waals surface area contributed by atoms with E-state index in [-0.39, 0.29) is 58.0 Å². The zero-order valence-corrected chi connectivity index (χ0v) is 69.1. The van der Waals surface area contributed by atoms with Crippen molar-refractivity contribution in [2.75, 3.05) is 23.6 Å². The summed E-state index contributed by atoms with van der Waals surface area (Å²) in [6, 6.07) is 75.9. The van der Waals surface area contributed by atoms with E-state index in [1.54, 1.807) is 148 Å². The van der Waals surface area contributed by atoms with E-state index in [1.165, 1.54) is 36.4 Å². The Morgan fingerprint density at radius 3 is 0.955 bits per heavy atom. The second-order valence-corrected chi connectivity index (χ2v) is 38.4. The number of benzene rings is 12. The second kappa shape index (κ2) is 35.6. The van der Waals surface area contributed by atoms with Gasteiger partial charge in [-0.3, -0.25) is 23.6 Å². The van der Waals surface area contributed by atoms with Crippen molar-refractivity contribution in [1.29, 1.82) is 0 Å². The largest absolute Gasteiger partial charge is 0.508 e. The molecule has 0 aliphatic heterocycles. The summed E-state index contributed by atoms with van der Waals surface area (Å²) in [4.78, 5) is 1.12. The highest BCUT2D eigenvalue weighted by Crippen LogP contribution is 2.33. The van der Waals surface area contributed by atoms with Crippen LogP contribution in [0.2, 0.25) is 5.02 Å². The van der Waals surface area contributed by atoms with Gasteiger partial charge in [-0.25, -0.2) is 42.1 Å². The van der Waals surface area contributed by atoms with Crippen LogP contribution < -0.4 is 23.6 Å². The van der Waals surface area contributed by atoms with Crippen LogP contribution in [0.25, 0.3) is 21.9 Å². The van der Waals surface area contributed by atoms with Gasteiger partial charge in [-0.05, 0) is 257 Å². The highest BCUT2D eigenvalue weighted by Gasteiger charge is 2.23. The highest BCUT2D eigenvalue weighted by molar-refractivity contribution is 7.94. The maximum absolute atomic E-state index is 12.5. The van der Waals surface area contributed by atoms with Gasteiger partial charge in [-0.1, -0.05) is 201 Å². The first-order valence-electron chi connectivity index (χ1n) is 35.1. The van der Waals surface area contributed by atoms with Gasteiger partial charge in [0.25, 0.3) is 50.1 Å². The fourth-order valence-corrected chi connectivity index (χ4v) is 16.6. The molecule has 8 N–H and O–H groups in total. The molecule has 0 aromatic heterocycles. The summed E-state index contributed by atoms with van der Waals surface area (Å²) < 4.78 is 137. The molecule has 0 heterocycles. The summed E-state index contributed by atoms with van der Waals surface area (Å²) in [5.41, 5.74) is 11.5. The summed E-state index contributed by atoms with van der Waals surface area (Å²) >= 11 is 6.02. The standard InChI is InChI=1S/C19H17NO3S.C17H20ClNO2S.C17H15NO3S.C17H21NO3S.C17H21NO2S/c1-14-13-17(21)9-12-19(14)20-24(22,23)18-10-7-16(8-11-18)15-5-3-2-4-6-15;1-12-5-8-14(11-16(12)18)19-22(20,21)15-9-6-13(7-10-15)17(2,3)4;1-12-10-15(19)7-9-17(12)18-22(20,21)16-8-6-13-4-2-3-5-14(13)11-16;1-12-11-14(19)7-10-16(12)18-22(20,21)15-8-5-13(6-9-15)17(2,3)4;1-13-6-5-7-15(12-13)18-21(19,20)16-10-8-14(9-11-16)17(2,3)4/h2-13,20-21H,1H3;5-11,19H,1-4H3;2-11,18-19H,1H3;5-11,18-19H,1-4H3;5-12,18H,1-4H3. The molecule has 12 aromatic rings. The smallest absolute Gasteiger partial charge is 0.261 e. The third-order valence-electron chi connectivity index (χ3n) is 17.5. The number of phenols is 3. The maximum Gasteiger partial charge on any atom is 0.261 e. The molecule has 18 nitrogen and oxygen atoms in total. The number of rotatable bonds is 16. The molecule has 0 spiro atoms. The molecule has 0 saturated carbocycles. The molecule has 0 aliphatic carbocycles. The van der Waals surface area contributed by atoms with Crippen LogP contribution in [0.4, 0.5) is 28.4 Å². The number of phenolic OH excluding ortho intramolecular Hbond substituents is 3. The van der Waals surface area contributed by atoms with E-state index in [1.807, 2.05) is 117 Å². The molecular weight excluding hydrogens is 1520 g/mol. The zero-order chi connectivity index (χ0) is 81.7. The lowest BCUT2D eigenvalue weighted by Gasteiger charge is -2.19. The maximum atomic E-state index is 12.5. The molecule has 0 unspecified atom stereocenters. The van der Waals surface area contributed by atoms with Gasteiger partial charge in [0.2, 0.25) is 0 Å². The minimum Gasteiger partial charge on any atom is -0.508 e. The van der Waals surface area contributed by atoms with Gasteiger partial charge in [-0.15, -0.1) is 0 Å². The van der Waals surface area contributed by atoms with Crippen molar-refractivity contribution in [1.82, 2.24) is 0 Å². The summed E-state index contributed by atoms with van der Waals surface area (Å²) in [6.45, 7) is 27.8. The Bertz CT molecular complexity index is 5860. The lowest BCUT2D eigenvalue weighted by atomic mass is 9.87. The summed E-state index contributed by atoms with van der Waals surface area (Å²) in [6.07, 6.45) is 0. The first-order valence-corrected chi connectivity index (χ1v) is 42.9. The van der Waals surface area contributed by atoms with Gasteiger partial charge in [0.1, 0.15) is 17.2 Å². The Morgan fingerprint density at radius 1 is 0.270 bits per heavy atom. The van der Waals surface area contributed by atoms with Crippen LogP contribution in [-0.2, 0) is 66.4 Å². The number of aromatic hydroxyl groups is 3. The van der Waals surface area contributed by atoms with Crippen molar-refractivity contribution in [3.63, 3.8) is 0 Å². The van der Waals surface area contributed by atoms with E-state index in [9.17, 15) is 57.4 Å². The Kier molecular flexibility index (Phi) is 27.5. The van der Waals surface area contributed by atoms with Crippen LogP contribution in [0.3, 0.4) is 0 Å². The van der Waals surface area contributed by atoms with Crippen molar-refractivity contribution in [2.24, 2.45) is 0 Å². The van der Waals surface area contributed by atoms with Crippen molar-refractivity contribution in [2.45, 2.75) is 138 Å². The van der Waals surface area contributed by atoms with Gasteiger partial charge < -0.3 is 15.3 Å². The number of nitrogens with one attached hydrogen (secondary N) is 5.